The minimum Gasteiger partial charge on any atom is -0.496 e. The predicted molar refractivity (Wildman–Crippen MR) is 82.5 cm³/mol. The number of methoxy groups -OCH3 is 2. The van der Waals surface area contributed by atoms with Gasteiger partial charge in [0.1, 0.15) is 17.1 Å². The number of aliphatic carboxylic acids is 1. The lowest BCUT2D eigenvalue weighted by Gasteiger charge is -2.18. The van der Waals surface area contributed by atoms with Crippen LogP contribution in [0.3, 0.4) is 0 Å². The molecule has 8 heteroatoms. The van der Waals surface area contributed by atoms with Gasteiger partial charge in [-0.2, -0.15) is 0 Å². The number of rotatable bonds is 7. The molecule has 0 amide bonds. The third kappa shape index (κ3) is 3.41. The van der Waals surface area contributed by atoms with Gasteiger partial charge in [-0.1, -0.05) is 19.9 Å². The van der Waals surface area contributed by atoms with Crippen LogP contribution in [0.4, 0.5) is 0 Å². The first-order valence-corrected chi connectivity index (χ1v) is 7.21. The highest BCUT2D eigenvalue weighted by Gasteiger charge is 2.28. The zero-order valence-electron chi connectivity index (χ0n) is 13.6. The summed E-state index contributed by atoms with van der Waals surface area (Å²) in [6.07, 6.45) is 0.408. The quantitative estimate of drug-likeness (QED) is 0.833. The number of hydrogen-bond donors (Lipinski definition) is 1. The molecule has 0 radical (unpaired) electrons. The molecule has 2 aromatic rings. The lowest BCUT2D eigenvalue weighted by atomic mass is 10.0. The third-order valence-corrected chi connectivity index (χ3v) is 3.42. The van der Waals surface area contributed by atoms with E-state index >= 15 is 0 Å². The molecule has 8 nitrogen and oxygen atoms in total. The summed E-state index contributed by atoms with van der Waals surface area (Å²) in [5.74, 6) is 0.504. The van der Waals surface area contributed by atoms with Crippen LogP contribution >= 0.6 is 0 Å². The van der Waals surface area contributed by atoms with Crippen LogP contribution in [0, 0.1) is 5.92 Å². The Labute approximate surface area is 134 Å². The van der Waals surface area contributed by atoms with Crippen molar-refractivity contribution in [1.29, 1.82) is 0 Å². The molecule has 1 heterocycles. The number of carbonyl (C=O) groups is 1. The Morgan fingerprint density at radius 2 is 1.87 bits per heavy atom. The average molecular weight is 320 g/mol. The lowest BCUT2D eigenvalue weighted by Crippen LogP contribution is -2.23. The second-order valence-electron chi connectivity index (χ2n) is 5.47. The highest BCUT2D eigenvalue weighted by atomic mass is 16.5. The van der Waals surface area contributed by atoms with Crippen molar-refractivity contribution in [1.82, 2.24) is 20.2 Å². The summed E-state index contributed by atoms with van der Waals surface area (Å²) in [5, 5.41) is 21.1. The van der Waals surface area contributed by atoms with E-state index in [1.807, 2.05) is 13.8 Å². The molecule has 0 aliphatic carbocycles. The maximum absolute atomic E-state index is 11.6. The maximum Gasteiger partial charge on any atom is 0.328 e. The van der Waals surface area contributed by atoms with Crippen molar-refractivity contribution in [2.24, 2.45) is 5.92 Å². The first-order chi connectivity index (χ1) is 11.0. The molecule has 0 aliphatic heterocycles. The Bertz CT molecular complexity index is 662. The highest BCUT2D eigenvalue weighted by Crippen LogP contribution is 2.38. The molecule has 0 fully saturated rings. The van der Waals surface area contributed by atoms with Gasteiger partial charge in [-0.25, -0.2) is 9.48 Å². The monoisotopic (exact) mass is 320 g/mol. The largest absolute Gasteiger partial charge is 0.496 e. The van der Waals surface area contributed by atoms with Crippen molar-refractivity contribution in [3.8, 4) is 22.9 Å². The van der Waals surface area contributed by atoms with Crippen molar-refractivity contribution < 1.29 is 19.4 Å². The van der Waals surface area contributed by atoms with Crippen LogP contribution in [0.25, 0.3) is 11.4 Å². The van der Waals surface area contributed by atoms with Crippen LogP contribution in [0.2, 0.25) is 0 Å². The normalized spacial score (nSPS) is 12.2. The van der Waals surface area contributed by atoms with E-state index in [4.69, 9.17) is 9.47 Å². The van der Waals surface area contributed by atoms with E-state index in [1.54, 1.807) is 18.2 Å². The second-order valence-corrected chi connectivity index (χ2v) is 5.47. The van der Waals surface area contributed by atoms with E-state index in [2.05, 4.69) is 15.5 Å². The molecule has 0 saturated heterocycles. The standard InChI is InChI=1S/C15H20N4O4/c1-9(2)8-10(15(20)21)19-14(16-17-18-19)13-11(22-3)6-5-7-12(13)23-4/h5-7,9-10H,8H2,1-4H3,(H,20,21). The molecule has 2 rings (SSSR count). The first kappa shape index (κ1) is 16.7. The van der Waals surface area contributed by atoms with E-state index in [1.165, 1.54) is 18.9 Å². The lowest BCUT2D eigenvalue weighted by molar-refractivity contribution is -0.141. The van der Waals surface area contributed by atoms with Crippen LogP contribution in [-0.2, 0) is 4.79 Å². The molecule has 1 N–H and O–H groups in total. The number of ether oxygens (including phenoxy) is 2. The van der Waals surface area contributed by atoms with Gasteiger partial charge in [-0.05, 0) is 34.9 Å². The van der Waals surface area contributed by atoms with Gasteiger partial charge in [0.05, 0.1) is 14.2 Å². The van der Waals surface area contributed by atoms with Gasteiger partial charge in [-0.3, -0.25) is 0 Å². The van der Waals surface area contributed by atoms with Crippen molar-refractivity contribution >= 4 is 5.97 Å². The number of carboxylic acids is 1. The Morgan fingerprint density at radius 3 is 2.35 bits per heavy atom. The fraction of sp³-hybridized carbons (Fsp3) is 0.467. The van der Waals surface area contributed by atoms with Crippen molar-refractivity contribution in [3.63, 3.8) is 0 Å². The van der Waals surface area contributed by atoms with Gasteiger partial charge in [-0.15, -0.1) is 5.10 Å². The molecule has 124 valence electrons. The van der Waals surface area contributed by atoms with Crippen LogP contribution in [0.1, 0.15) is 26.3 Å². The molecule has 0 aliphatic rings. The summed E-state index contributed by atoms with van der Waals surface area (Å²) in [6.45, 7) is 3.90. The molecule has 1 unspecified atom stereocenters. The summed E-state index contributed by atoms with van der Waals surface area (Å²) in [7, 11) is 3.05. The van der Waals surface area contributed by atoms with E-state index in [-0.39, 0.29) is 5.92 Å². The van der Waals surface area contributed by atoms with Crippen LogP contribution in [0.5, 0.6) is 11.5 Å². The molecule has 0 saturated carbocycles. The second kappa shape index (κ2) is 7.08. The minimum absolute atomic E-state index is 0.174. The number of benzene rings is 1. The number of tetrazole rings is 1. The van der Waals surface area contributed by atoms with Crippen molar-refractivity contribution in [3.05, 3.63) is 18.2 Å². The molecule has 0 spiro atoms. The van der Waals surface area contributed by atoms with Crippen LogP contribution in [0.15, 0.2) is 18.2 Å². The van der Waals surface area contributed by atoms with Gasteiger partial charge >= 0.3 is 5.97 Å². The molecule has 0 bridgehead atoms. The molecule has 23 heavy (non-hydrogen) atoms. The van der Waals surface area contributed by atoms with E-state index in [0.717, 1.165) is 0 Å². The molecule has 1 aromatic heterocycles. The molecule has 1 atom stereocenters. The third-order valence-electron chi connectivity index (χ3n) is 3.42. The van der Waals surface area contributed by atoms with Gasteiger partial charge in [0, 0.05) is 0 Å². The van der Waals surface area contributed by atoms with Gasteiger partial charge in [0.25, 0.3) is 0 Å². The average Bonchev–Trinajstić information content (AvgIpc) is 2.99. The van der Waals surface area contributed by atoms with Crippen LogP contribution < -0.4 is 9.47 Å². The van der Waals surface area contributed by atoms with Gasteiger partial charge in [0.2, 0.25) is 0 Å². The SMILES string of the molecule is COc1cccc(OC)c1-c1nnnn1C(CC(C)C)C(=O)O. The summed E-state index contributed by atoms with van der Waals surface area (Å²) in [5.41, 5.74) is 0.525. The Balaban J connectivity index is 2.59. The number of carboxylic acid groups (broad SMARTS) is 1. The minimum atomic E-state index is -0.985. The zero-order chi connectivity index (χ0) is 17.0. The maximum atomic E-state index is 11.6. The number of nitrogens with zero attached hydrogens (tertiary/aromatic N) is 4. The van der Waals surface area contributed by atoms with Crippen molar-refractivity contribution in [2.75, 3.05) is 14.2 Å². The molecular formula is C15H20N4O4. The van der Waals surface area contributed by atoms with E-state index in [9.17, 15) is 9.90 Å². The van der Waals surface area contributed by atoms with Crippen LogP contribution in [-0.4, -0.2) is 45.5 Å². The predicted octanol–water partition coefficient (Wildman–Crippen LogP) is 2.03. The topological polar surface area (TPSA) is 99.4 Å². The fourth-order valence-electron chi connectivity index (χ4n) is 2.39. The van der Waals surface area contributed by atoms with Crippen molar-refractivity contribution in [2.45, 2.75) is 26.3 Å². The smallest absolute Gasteiger partial charge is 0.328 e. The van der Waals surface area contributed by atoms with E-state index < -0.39 is 12.0 Å². The Kier molecular flexibility index (Phi) is 5.15. The molecule has 1 aromatic carbocycles. The zero-order valence-corrected chi connectivity index (χ0v) is 13.6. The summed E-state index contributed by atoms with van der Waals surface area (Å²) in [4.78, 5) is 11.6. The summed E-state index contributed by atoms with van der Waals surface area (Å²) >= 11 is 0. The number of hydrogen-bond acceptors (Lipinski definition) is 6. The van der Waals surface area contributed by atoms with E-state index in [0.29, 0.717) is 29.3 Å². The number of aromatic nitrogens is 4. The van der Waals surface area contributed by atoms with Gasteiger partial charge < -0.3 is 14.6 Å². The fourth-order valence-corrected chi connectivity index (χ4v) is 2.39. The highest BCUT2D eigenvalue weighted by molar-refractivity contribution is 5.75. The Hall–Kier alpha value is -2.64. The first-order valence-electron chi connectivity index (χ1n) is 7.21. The van der Waals surface area contributed by atoms with Gasteiger partial charge in [0.15, 0.2) is 11.9 Å². The molecular weight excluding hydrogens is 300 g/mol. The summed E-state index contributed by atoms with van der Waals surface area (Å²) in [6, 6.07) is 4.40. The Morgan fingerprint density at radius 1 is 1.26 bits per heavy atom. The summed E-state index contributed by atoms with van der Waals surface area (Å²) < 4.78 is 12.0.